The lowest BCUT2D eigenvalue weighted by molar-refractivity contribution is 0.239. The van der Waals surface area contributed by atoms with Crippen LogP contribution < -0.4 is 4.90 Å². The number of anilines is 1. The van der Waals surface area contributed by atoms with Crippen LogP contribution in [-0.2, 0) is 7.05 Å². The first-order valence-electron chi connectivity index (χ1n) is 6.05. The summed E-state index contributed by atoms with van der Waals surface area (Å²) in [6.07, 6.45) is 2.77. The van der Waals surface area contributed by atoms with Crippen molar-refractivity contribution in [2.75, 3.05) is 24.6 Å². The van der Waals surface area contributed by atoms with E-state index in [-0.39, 0.29) is 0 Å². The van der Waals surface area contributed by atoms with E-state index in [9.17, 15) is 0 Å². The fourth-order valence-electron chi connectivity index (χ4n) is 2.53. The summed E-state index contributed by atoms with van der Waals surface area (Å²) >= 11 is 0. The number of hydrogen-bond donors (Lipinski definition) is 1. The zero-order valence-electron chi connectivity index (χ0n) is 10.0. The number of para-hydroxylation sites is 1. The first kappa shape index (κ1) is 10.6. The molecule has 3 rings (SSSR count). The molecule has 17 heavy (non-hydrogen) atoms. The summed E-state index contributed by atoms with van der Waals surface area (Å²) in [5.41, 5.74) is 3.47. The molecule has 0 amide bonds. The van der Waals surface area contributed by atoms with Gasteiger partial charge in [0.05, 0.1) is 17.5 Å². The van der Waals surface area contributed by atoms with Gasteiger partial charge in [0, 0.05) is 26.7 Å². The van der Waals surface area contributed by atoms with Crippen LogP contribution >= 0.6 is 0 Å². The summed E-state index contributed by atoms with van der Waals surface area (Å²) < 4.78 is 2.05. The maximum absolute atomic E-state index is 8.90. The summed E-state index contributed by atoms with van der Waals surface area (Å²) in [4.78, 5) is 6.81. The maximum Gasteiger partial charge on any atom is 0.112 e. The second-order valence-corrected chi connectivity index (χ2v) is 4.78. The van der Waals surface area contributed by atoms with Gasteiger partial charge < -0.3 is 14.6 Å². The molecule has 1 aromatic heterocycles. The van der Waals surface area contributed by atoms with Crippen LogP contribution in [0.2, 0.25) is 0 Å². The lowest BCUT2D eigenvalue weighted by atomic mass is 9.96. The van der Waals surface area contributed by atoms with Gasteiger partial charge in [-0.2, -0.15) is 0 Å². The second-order valence-electron chi connectivity index (χ2n) is 4.78. The molecule has 0 atom stereocenters. The average Bonchev–Trinajstić information content (AvgIpc) is 2.66. The van der Waals surface area contributed by atoms with Crippen LogP contribution in [0.1, 0.15) is 6.42 Å². The minimum absolute atomic E-state index is 0.298. The number of benzene rings is 1. The molecule has 1 aliphatic heterocycles. The van der Waals surface area contributed by atoms with E-state index in [4.69, 9.17) is 5.11 Å². The molecule has 0 radical (unpaired) electrons. The summed E-state index contributed by atoms with van der Waals surface area (Å²) in [6.45, 7) is 2.37. The fraction of sp³-hybridized carbons (Fsp3) is 0.462. The smallest absolute Gasteiger partial charge is 0.112 e. The Labute approximate surface area is 100 Å². The Morgan fingerprint density at radius 1 is 1.41 bits per heavy atom. The van der Waals surface area contributed by atoms with Crippen molar-refractivity contribution in [1.82, 2.24) is 9.55 Å². The largest absolute Gasteiger partial charge is 0.396 e. The minimum Gasteiger partial charge on any atom is -0.396 e. The zero-order valence-corrected chi connectivity index (χ0v) is 10.0. The molecule has 1 N–H and O–H groups in total. The van der Waals surface area contributed by atoms with E-state index in [2.05, 4.69) is 28.1 Å². The Kier molecular flexibility index (Phi) is 2.52. The van der Waals surface area contributed by atoms with E-state index in [1.807, 2.05) is 17.9 Å². The van der Waals surface area contributed by atoms with Gasteiger partial charge in [-0.3, -0.25) is 0 Å². The normalized spacial score (nSPS) is 16.5. The van der Waals surface area contributed by atoms with Gasteiger partial charge in [-0.15, -0.1) is 0 Å². The van der Waals surface area contributed by atoms with E-state index < -0.39 is 0 Å². The highest BCUT2D eigenvalue weighted by Crippen LogP contribution is 2.31. The van der Waals surface area contributed by atoms with Gasteiger partial charge in [0.2, 0.25) is 0 Å². The third-order valence-corrected chi connectivity index (χ3v) is 3.57. The van der Waals surface area contributed by atoms with E-state index in [0.29, 0.717) is 12.5 Å². The molecular weight excluding hydrogens is 214 g/mol. The molecule has 90 valence electrons. The molecule has 0 saturated carbocycles. The standard InChI is InChI=1S/C13H17N3O/c1-15-9-14-13-11(15)3-2-4-12(13)16-7-10(8-16)5-6-17/h2-4,9-10,17H,5-8H2,1H3. The Morgan fingerprint density at radius 3 is 3.00 bits per heavy atom. The Bertz CT molecular complexity index is 528. The molecule has 0 unspecified atom stereocenters. The Hall–Kier alpha value is -1.55. The molecular formula is C13H17N3O. The van der Waals surface area contributed by atoms with Crippen molar-refractivity contribution in [1.29, 1.82) is 0 Å². The first-order valence-corrected chi connectivity index (χ1v) is 6.05. The van der Waals surface area contributed by atoms with Crippen LogP contribution in [0.3, 0.4) is 0 Å². The number of imidazole rings is 1. The molecule has 1 aromatic carbocycles. The molecule has 0 spiro atoms. The fourth-order valence-corrected chi connectivity index (χ4v) is 2.53. The Balaban J connectivity index is 1.87. The number of rotatable bonds is 3. The third-order valence-electron chi connectivity index (χ3n) is 3.57. The highest BCUT2D eigenvalue weighted by Gasteiger charge is 2.27. The molecule has 0 bridgehead atoms. The highest BCUT2D eigenvalue weighted by atomic mass is 16.3. The highest BCUT2D eigenvalue weighted by molar-refractivity contribution is 5.89. The molecule has 1 aliphatic rings. The summed E-state index contributed by atoms with van der Waals surface area (Å²) in [5.74, 6) is 0.638. The monoisotopic (exact) mass is 231 g/mol. The van der Waals surface area contributed by atoms with Crippen LogP contribution in [0, 0.1) is 5.92 Å². The second kappa shape index (κ2) is 4.04. The van der Waals surface area contributed by atoms with Crippen molar-refractivity contribution in [2.24, 2.45) is 13.0 Å². The van der Waals surface area contributed by atoms with Gasteiger partial charge in [-0.05, 0) is 24.5 Å². The third kappa shape index (κ3) is 1.69. The molecule has 2 heterocycles. The van der Waals surface area contributed by atoms with Crippen LogP contribution in [0.25, 0.3) is 11.0 Å². The van der Waals surface area contributed by atoms with Gasteiger partial charge in [-0.1, -0.05) is 6.07 Å². The van der Waals surface area contributed by atoms with Crippen molar-refractivity contribution in [3.8, 4) is 0 Å². The average molecular weight is 231 g/mol. The van der Waals surface area contributed by atoms with Crippen molar-refractivity contribution in [3.05, 3.63) is 24.5 Å². The van der Waals surface area contributed by atoms with Gasteiger partial charge in [0.15, 0.2) is 0 Å². The lowest BCUT2D eigenvalue weighted by Crippen LogP contribution is -2.47. The van der Waals surface area contributed by atoms with Gasteiger partial charge in [-0.25, -0.2) is 4.98 Å². The molecule has 4 nitrogen and oxygen atoms in total. The number of aliphatic hydroxyl groups excluding tert-OH is 1. The molecule has 4 heteroatoms. The summed E-state index contributed by atoms with van der Waals surface area (Å²) in [6, 6.07) is 6.31. The number of fused-ring (bicyclic) bond motifs is 1. The van der Waals surface area contributed by atoms with Crippen molar-refractivity contribution in [3.63, 3.8) is 0 Å². The van der Waals surface area contributed by atoms with Crippen LogP contribution in [0.15, 0.2) is 24.5 Å². The van der Waals surface area contributed by atoms with Crippen LogP contribution in [-0.4, -0.2) is 34.4 Å². The number of aromatic nitrogens is 2. The predicted molar refractivity (Wildman–Crippen MR) is 68.1 cm³/mol. The van der Waals surface area contributed by atoms with Gasteiger partial charge in [0.1, 0.15) is 5.52 Å². The predicted octanol–water partition coefficient (Wildman–Crippen LogP) is 1.39. The summed E-state index contributed by atoms with van der Waals surface area (Å²) in [5, 5.41) is 8.90. The van der Waals surface area contributed by atoms with Crippen LogP contribution in [0.5, 0.6) is 0 Å². The number of hydrogen-bond acceptors (Lipinski definition) is 3. The summed E-state index contributed by atoms with van der Waals surface area (Å²) in [7, 11) is 2.02. The Morgan fingerprint density at radius 2 is 2.24 bits per heavy atom. The maximum atomic E-state index is 8.90. The first-order chi connectivity index (χ1) is 8.29. The van der Waals surface area contributed by atoms with Crippen molar-refractivity contribution < 1.29 is 5.11 Å². The number of aryl methyl sites for hydroxylation is 1. The van der Waals surface area contributed by atoms with Gasteiger partial charge >= 0.3 is 0 Å². The van der Waals surface area contributed by atoms with E-state index in [1.54, 1.807) is 0 Å². The van der Waals surface area contributed by atoms with Gasteiger partial charge in [0.25, 0.3) is 0 Å². The van der Waals surface area contributed by atoms with Crippen molar-refractivity contribution >= 4 is 16.7 Å². The lowest BCUT2D eigenvalue weighted by Gasteiger charge is -2.41. The quantitative estimate of drug-likeness (QED) is 0.868. The van der Waals surface area contributed by atoms with E-state index >= 15 is 0 Å². The van der Waals surface area contributed by atoms with E-state index in [0.717, 1.165) is 25.0 Å². The zero-order chi connectivity index (χ0) is 11.8. The molecule has 1 fully saturated rings. The molecule has 2 aromatic rings. The van der Waals surface area contributed by atoms with Crippen molar-refractivity contribution in [2.45, 2.75) is 6.42 Å². The number of aliphatic hydroxyl groups is 1. The minimum atomic E-state index is 0.298. The van der Waals surface area contributed by atoms with Crippen LogP contribution in [0.4, 0.5) is 5.69 Å². The molecule has 1 saturated heterocycles. The van der Waals surface area contributed by atoms with E-state index in [1.165, 1.54) is 11.2 Å². The molecule has 0 aliphatic carbocycles. The topological polar surface area (TPSA) is 41.3 Å². The number of nitrogens with zero attached hydrogens (tertiary/aromatic N) is 3. The SMILES string of the molecule is Cn1cnc2c(N3CC(CCO)C3)cccc21.